The van der Waals surface area contributed by atoms with Crippen LogP contribution in [0.15, 0.2) is 30.3 Å². The first-order chi connectivity index (χ1) is 14.1. The van der Waals surface area contributed by atoms with Crippen molar-refractivity contribution in [1.29, 1.82) is 10.7 Å². The maximum absolute atomic E-state index is 12.4. The van der Waals surface area contributed by atoms with Crippen LogP contribution >= 0.6 is 0 Å². The zero-order chi connectivity index (χ0) is 22.1. The van der Waals surface area contributed by atoms with E-state index >= 15 is 0 Å². The molecule has 8 nitrogen and oxygen atoms in total. The molecule has 3 rings (SSSR count). The number of nitrogens with one attached hydrogen (secondary N) is 2. The van der Waals surface area contributed by atoms with E-state index in [1.54, 1.807) is 30.3 Å². The van der Waals surface area contributed by atoms with E-state index in [-0.39, 0.29) is 11.3 Å². The number of rotatable bonds is 5. The lowest BCUT2D eigenvalue weighted by molar-refractivity contribution is 0.00578. The summed E-state index contributed by atoms with van der Waals surface area (Å²) in [5.41, 5.74) is 0.689. The van der Waals surface area contributed by atoms with Crippen molar-refractivity contribution < 1.29 is 18.8 Å². The second-order valence-electron chi connectivity index (χ2n) is 7.90. The summed E-state index contributed by atoms with van der Waals surface area (Å²) >= 11 is 0. The van der Waals surface area contributed by atoms with Crippen LogP contribution in [0.1, 0.15) is 49.3 Å². The molecule has 9 heteroatoms. The molecule has 1 aromatic heterocycles. The van der Waals surface area contributed by atoms with Gasteiger partial charge < -0.3 is 24.8 Å². The number of ether oxygens (including phenoxy) is 1. The van der Waals surface area contributed by atoms with Gasteiger partial charge in [0.1, 0.15) is 17.6 Å². The van der Waals surface area contributed by atoms with Crippen molar-refractivity contribution in [3.05, 3.63) is 47.2 Å². The maximum Gasteiger partial charge on any atom is 0.494 e. The van der Waals surface area contributed by atoms with Crippen molar-refractivity contribution >= 4 is 36.3 Å². The minimum atomic E-state index is -0.711. The number of pyridine rings is 1. The number of aromatic nitrogens is 1. The van der Waals surface area contributed by atoms with Gasteiger partial charge in [0.25, 0.3) is 0 Å². The molecule has 0 unspecified atom stereocenters. The Labute approximate surface area is 175 Å². The number of anilines is 2. The van der Waals surface area contributed by atoms with Crippen LogP contribution in [0.5, 0.6) is 0 Å². The average molecular weight is 406 g/mol. The van der Waals surface area contributed by atoms with Gasteiger partial charge in [-0.2, -0.15) is 5.26 Å². The van der Waals surface area contributed by atoms with Gasteiger partial charge in [0.15, 0.2) is 0 Å². The van der Waals surface area contributed by atoms with Crippen molar-refractivity contribution in [2.24, 2.45) is 0 Å². The van der Waals surface area contributed by atoms with Gasteiger partial charge >= 0.3 is 13.1 Å². The van der Waals surface area contributed by atoms with E-state index in [0.29, 0.717) is 22.5 Å². The van der Waals surface area contributed by atoms with Crippen LogP contribution in [-0.2, 0) is 14.0 Å². The first kappa shape index (κ1) is 21.5. The Morgan fingerprint density at radius 1 is 1.27 bits per heavy atom. The van der Waals surface area contributed by atoms with Gasteiger partial charge in [0.2, 0.25) is 0 Å². The summed E-state index contributed by atoms with van der Waals surface area (Å²) in [6.07, 6.45) is 1.07. The van der Waals surface area contributed by atoms with Crippen LogP contribution in [0.2, 0.25) is 0 Å². The zero-order valence-corrected chi connectivity index (χ0v) is 17.6. The van der Waals surface area contributed by atoms with E-state index in [0.717, 1.165) is 6.21 Å². The van der Waals surface area contributed by atoms with E-state index in [1.165, 1.54) is 7.11 Å². The predicted octanol–water partition coefficient (Wildman–Crippen LogP) is 2.78. The molecule has 0 radical (unpaired) electrons. The molecular formula is C21H23BN4O4. The molecule has 0 spiro atoms. The van der Waals surface area contributed by atoms with Gasteiger partial charge in [0.05, 0.1) is 23.9 Å². The normalized spacial score (nSPS) is 16.6. The number of methoxy groups -OCH3 is 1. The summed E-state index contributed by atoms with van der Waals surface area (Å²) in [6.45, 7) is 7.76. The van der Waals surface area contributed by atoms with Crippen molar-refractivity contribution in [3.8, 4) is 6.07 Å². The predicted molar refractivity (Wildman–Crippen MR) is 114 cm³/mol. The van der Waals surface area contributed by atoms with Crippen LogP contribution in [0.4, 0.5) is 11.5 Å². The molecule has 0 atom stereocenters. The third-order valence-electron chi connectivity index (χ3n) is 5.40. The number of carbonyl (C=O) groups is 1. The second kappa shape index (κ2) is 7.90. The highest BCUT2D eigenvalue weighted by molar-refractivity contribution is 6.62. The molecule has 1 saturated heterocycles. The minimum Gasteiger partial charge on any atom is -0.465 e. The number of carbonyl (C=O) groups excluding carboxylic acids is 1. The monoisotopic (exact) mass is 406 g/mol. The molecule has 1 aromatic carbocycles. The highest BCUT2D eigenvalue weighted by Gasteiger charge is 2.52. The molecule has 2 aromatic rings. The van der Waals surface area contributed by atoms with E-state index in [2.05, 4.69) is 10.3 Å². The fraction of sp³-hybridized carbons (Fsp3) is 0.333. The second-order valence-corrected chi connectivity index (χ2v) is 7.90. The number of nitrogens with zero attached hydrogens (tertiary/aromatic N) is 2. The molecule has 1 fully saturated rings. The third-order valence-corrected chi connectivity index (χ3v) is 5.40. The number of benzene rings is 1. The summed E-state index contributed by atoms with van der Waals surface area (Å²) in [7, 11) is 0.569. The van der Waals surface area contributed by atoms with Crippen molar-refractivity contribution in [1.82, 2.24) is 4.98 Å². The molecule has 0 amide bonds. The van der Waals surface area contributed by atoms with Gasteiger partial charge in [-0.05, 0) is 57.4 Å². The van der Waals surface area contributed by atoms with Crippen LogP contribution < -0.4 is 10.8 Å². The quantitative estimate of drug-likeness (QED) is 0.445. The summed E-state index contributed by atoms with van der Waals surface area (Å²) in [5, 5.41) is 20.0. The molecule has 0 aliphatic carbocycles. The highest BCUT2D eigenvalue weighted by Crippen LogP contribution is 2.37. The zero-order valence-electron chi connectivity index (χ0n) is 17.6. The van der Waals surface area contributed by atoms with Gasteiger partial charge in [-0.25, -0.2) is 9.78 Å². The topological polar surface area (TPSA) is 117 Å². The van der Waals surface area contributed by atoms with Crippen LogP contribution in [0.25, 0.3) is 0 Å². The van der Waals surface area contributed by atoms with E-state index in [1.807, 2.05) is 33.8 Å². The fourth-order valence-corrected chi connectivity index (χ4v) is 3.03. The molecule has 0 bridgehead atoms. The lowest BCUT2D eigenvalue weighted by Crippen LogP contribution is -2.41. The molecule has 154 valence electrons. The smallest absolute Gasteiger partial charge is 0.465 e. The molecule has 1 aliphatic heterocycles. The Bertz CT molecular complexity index is 1030. The van der Waals surface area contributed by atoms with E-state index in [9.17, 15) is 4.79 Å². The maximum atomic E-state index is 12.4. The van der Waals surface area contributed by atoms with Gasteiger partial charge in [-0.1, -0.05) is 6.07 Å². The van der Waals surface area contributed by atoms with Crippen LogP contribution in [0.3, 0.4) is 0 Å². The fourth-order valence-electron chi connectivity index (χ4n) is 3.03. The van der Waals surface area contributed by atoms with Crippen LogP contribution in [0, 0.1) is 16.7 Å². The van der Waals surface area contributed by atoms with E-state index in [4.69, 9.17) is 24.7 Å². The molecule has 2 N–H and O–H groups in total. The van der Waals surface area contributed by atoms with Crippen molar-refractivity contribution in [3.63, 3.8) is 0 Å². The lowest BCUT2D eigenvalue weighted by Gasteiger charge is -2.32. The average Bonchev–Trinajstić information content (AvgIpc) is 2.94. The number of hydrogen-bond acceptors (Lipinski definition) is 8. The van der Waals surface area contributed by atoms with Crippen molar-refractivity contribution in [2.45, 2.75) is 38.9 Å². The lowest BCUT2D eigenvalue weighted by atomic mass is 9.77. The molecule has 0 saturated carbocycles. The number of nitriles is 1. The Morgan fingerprint density at radius 3 is 2.50 bits per heavy atom. The van der Waals surface area contributed by atoms with Crippen molar-refractivity contribution in [2.75, 3.05) is 12.4 Å². The SMILES string of the molecule is COC(=O)c1cc(B2OC(C)(C)C(C)(C)O2)cc(Nc2cccc(C#N)n2)c1C=N. The first-order valence-electron chi connectivity index (χ1n) is 9.38. The molecule has 30 heavy (non-hydrogen) atoms. The first-order valence-corrected chi connectivity index (χ1v) is 9.38. The number of esters is 1. The minimum absolute atomic E-state index is 0.193. The Morgan fingerprint density at radius 2 is 1.93 bits per heavy atom. The Kier molecular flexibility index (Phi) is 5.66. The van der Waals surface area contributed by atoms with Gasteiger partial charge in [-0.3, -0.25) is 0 Å². The molecule has 1 aliphatic rings. The van der Waals surface area contributed by atoms with Crippen LogP contribution in [-0.4, -0.2) is 42.6 Å². The van der Waals surface area contributed by atoms with Gasteiger partial charge in [-0.15, -0.1) is 0 Å². The largest absolute Gasteiger partial charge is 0.494 e. The Hall–Kier alpha value is -3.22. The Balaban J connectivity index is 2.11. The van der Waals surface area contributed by atoms with Gasteiger partial charge in [0, 0.05) is 17.5 Å². The molecular weight excluding hydrogens is 383 g/mol. The third kappa shape index (κ3) is 3.92. The summed E-state index contributed by atoms with van der Waals surface area (Å²) < 4.78 is 17.1. The summed E-state index contributed by atoms with van der Waals surface area (Å²) in [6, 6.07) is 10.3. The summed E-state index contributed by atoms with van der Waals surface area (Å²) in [4.78, 5) is 16.6. The van der Waals surface area contributed by atoms with E-state index < -0.39 is 24.3 Å². The standard InChI is InChI=1S/C21H23BN4O4/c1-20(2)21(3,4)30-22(29-20)13-9-15(19(27)28-5)16(12-24)17(10-13)26-18-8-6-7-14(11-23)25-18/h6-10,12,24H,1-5H3,(H,25,26). The highest BCUT2D eigenvalue weighted by atomic mass is 16.7. The number of hydrogen-bond donors (Lipinski definition) is 2. The molecule has 2 heterocycles. The summed E-state index contributed by atoms with van der Waals surface area (Å²) in [5.74, 6) is -0.187.